The van der Waals surface area contributed by atoms with E-state index in [4.69, 9.17) is 42.1 Å². The van der Waals surface area contributed by atoms with Crippen LogP contribution < -0.4 is 20.3 Å². The second kappa shape index (κ2) is 15.3. The molecule has 16 heteroatoms. The van der Waals surface area contributed by atoms with E-state index in [0.29, 0.717) is 47.6 Å². The summed E-state index contributed by atoms with van der Waals surface area (Å²) in [7, 11) is 4.61. The molecule has 1 amide bonds. The summed E-state index contributed by atoms with van der Waals surface area (Å²) in [6.45, 7) is 10.2. The zero-order chi connectivity index (χ0) is 36.4. The molecule has 0 aliphatic carbocycles. The first-order valence-electron chi connectivity index (χ1n) is 16.8. The van der Waals surface area contributed by atoms with E-state index in [9.17, 15) is 14.9 Å². The highest BCUT2D eigenvalue weighted by molar-refractivity contribution is 6.41. The minimum atomic E-state index is -0.463. The quantitative estimate of drug-likeness (QED) is 0.215. The van der Waals surface area contributed by atoms with E-state index >= 15 is 0 Å². The van der Waals surface area contributed by atoms with Gasteiger partial charge in [-0.25, -0.2) is 4.98 Å². The lowest BCUT2D eigenvalue weighted by molar-refractivity contribution is -0.140. The standard InChI is InChI=1S/C35H42Cl2N8O6/c1-35(2,44-8-6-42(7-9-44)23-19-50-20-23)14-22(15-38)32(46)43-17-24(18-43)51-11-10-45-31-21(16-40-34(39-3)41-31)12-25(33(45)47)28-29(36)26(48-4)13-27(49-5)30(28)37/h12-14,16,23-24H,6-11,17-20H2,1-5H3,(H,39,40,41)/b22-14-. The smallest absolute Gasteiger partial charge is 0.264 e. The molecule has 0 atom stereocenters. The molecular formula is C35H42Cl2N8O6. The van der Waals surface area contributed by atoms with Crippen LogP contribution in [0.2, 0.25) is 10.0 Å². The SMILES string of the molecule is CNc1ncc2cc(-c3c(Cl)c(OC)cc(OC)c3Cl)c(=O)n(CCOC3CN(C(=O)/C(C#N)=C\C(C)(C)N4CCN(C5COC5)CC4)C3)c2n1. The number of nitrogens with zero attached hydrogens (tertiary/aromatic N) is 7. The molecule has 5 heterocycles. The predicted molar refractivity (Wildman–Crippen MR) is 194 cm³/mol. The fourth-order valence-corrected chi connectivity index (χ4v) is 7.37. The average molecular weight is 742 g/mol. The molecule has 272 valence electrons. The van der Waals surface area contributed by atoms with Gasteiger partial charge in [-0.05, 0) is 26.0 Å². The molecule has 2 aromatic heterocycles. The van der Waals surface area contributed by atoms with Crippen LogP contribution in [0.25, 0.3) is 22.2 Å². The highest BCUT2D eigenvalue weighted by atomic mass is 35.5. The Morgan fingerprint density at radius 3 is 2.35 bits per heavy atom. The number of carbonyl (C=O) groups is 1. The maximum atomic E-state index is 14.1. The number of methoxy groups -OCH3 is 2. The zero-order valence-electron chi connectivity index (χ0n) is 29.4. The third kappa shape index (κ3) is 7.37. The summed E-state index contributed by atoms with van der Waals surface area (Å²) in [5.41, 5.74) is 0.122. The molecule has 3 aromatic rings. The second-order valence-electron chi connectivity index (χ2n) is 13.3. The minimum Gasteiger partial charge on any atom is -0.495 e. The molecule has 0 spiro atoms. The van der Waals surface area contributed by atoms with Crippen molar-refractivity contribution in [3.05, 3.63) is 50.4 Å². The van der Waals surface area contributed by atoms with Gasteiger partial charge in [0.15, 0.2) is 0 Å². The van der Waals surface area contributed by atoms with Crippen molar-refractivity contribution in [2.24, 2.45) is 0 Å². The van der Waals surface area contributed by atoms with Gasteiger partial charge in [0, 0.05) is 75.1 Å². The summed E-state index contributed by atoms with van der Waals surface area (Å²) < 4.78 is 23.8. The highest BCUT2D eigenvalue weighted by Gasteiger charge is 2.37. The molecule has 3 aliphatic heterocycles. The number of hydrogen-bond donors (Lipinski definition) is 1. The first kappa shape index (κ1) is 36.8. The van der Waals surface area contributed by atoms with Gasteiger partial charge in [-0.1, -0.05) is 23.2 Å². The van der Waals surface area contributed by atoms with Gasteiger partial charge < -0.3 is 29.2 Å². The number of anilines is 1. The van der Waals surface area contributed by atoms with Crippen molar-refractivity contribution < 1.29 is 23.7 Å². The van der Waals surface area contributed by atoms with Crippen LogP contribution in [-0.4, -0.2) is 133 Å². The van der Waals surface area contributed by atoms with E-state index in [0.717, 1.165) is 39.4 Å². The number of nitriles is 1. The Balaban J connectivity index is 1.13. The third-order valence-corrected chi connectivity index (χ3v) is 10.6. The van der Waals surface area contributed by atoms with Gasteiger partial charge >= 0.3 is 0 Å². The van der Waals surface area contributed by atoms with Crippen molar-refractivity contribution in [2.45, 2.75) is 38.1 Å². The maximum Gasteiger partial charge on any atom is 0.264 e. The zero-order valence-corrected chi connectivity index (χ0v) is 30.9. The monoisotopic (exact) mass is 740 g/mol. The van der Waals surface area contributed by atoms with E-state index in [1.165, 1.54) is 18.8 Å². The number of nitrogens with one attached hydrogen (secondary N) is 1. The van der Waals surface area contributed by atoms with Crippen molar-refractivity contribution in [2.75, 3.05) is 85.7 Å². The molecule has 1 aromatic carbocycles. The van der Waals surface area contributed by atoms with Gasteiger partial charge in [0.2, 0.25) is 5.95 Å². The number of aromatic nitrogens is 3. The van der Waals surface area contributed by atoms with Crippen LogP contribution in [0, 0.1) is 11.3 Å². The van der Waals surface area contributed by atoms with Crippen LogP contribution in [0.4, 0.5) is 5.95 Å². The fraction of sp³-hybridized carbons (Fsp3) is 0.514. The molecule has 6 rings (SSSR count). The molecule has 3 aliphatic rings. The van der Waals surface area contributed by atoms with E-state index in [1.807, 2.05) is 13.8 Å². The van der Waals surface area contributed by atoms with Gasteiger partial charge in [-0.15, -0.1) is 0 Å². The number of ether oxygens (including phenoxy) is 4. The highest BCUT2D eigenvalue weighted by Crippen LogP contribution is 2.45. The molecule has 0 unspecified atom stereocenters. The Labute approximate surface area is 306 Å². The third-order valence-electron chi connectivity index (χ3n) is 9.81. The lowest BCUT2D eigenvalue weighted by atomic mass is 9.96. The number of pyridine rings is 1. The number of benzene rings is 1. The van der Waals surface area contributed by atoms with Crippen LogP contribution in [-0.2, 0) is 20.8 Å². The average Bonchev–Trinajstić information content (AvgIpc) is 3.08. The number of fused-ring (bicyclic) bond motifs is 1. The summed E-state index contributed by atoms with van der Waals surface area (Å²) in [6.07, 6.45) is 3.13. The van der Waals surface area contributed by atoms with Gasteiger partial charge in [0.05, 0.1) is 68.3 Å². The van der Waals surface area contributed by atoms with Crippen molar-refractivity contribution in [3.63, 3.8) is 0 Å². The number of carbonyl (C=O) groups excluding carboxylic acids is 1. The van der Waals surface area contributed by atoms with Crippen molar-refractivity contribution in [1.82, 2.24) is 29.2 Å². The van der Waals surface area contributed by atoms with Crippen LogP contribution >= 0.6 is 23.2 Å². The normalized spacial score (nSPS) is 17.9. The number of piperazine rings is 1. The number of halogens is 2. The van der Waals surface area contributed by atoms with Crippen LogP contribution in [0.15, 0.2) is 34.8 Å². The summed E-state index contributed by atoms with van der Waals surface area (Å²) >= 11 is 13.4. The second-order valence-corrected chi connectivity index (χ2v) is 14.0. The Morgan fingerprint density at radius 1 is 1.12 bits per heavy atom. The van der Waals surface area contributed by atoms with Crippen molar-refractivity contribution in [3.8, 4) is 28.7 Å². The largest absolute Gasteiger partial charge is 0.495 e. The van der Waals surface area contributed by atoms with Crippen LogP contribution in [0.5, 0.6) is 11.5 Å². The summed E-state index contributed by atoms with van der Waals surface area (Å²) in [5.74, 6) is 0.615. The van der Waals surface area contributed by atoms with E-state index < -0.39 is 11.1 Å². The first-order valence-corrected chi connectivity index (χ1v) is 17.5. The van der Waals surface area contributed by atoms with Crippen LogP contribution in [0.1, 0.15) is 13.8 Å². The molecule has 3 fully saturated rings. The lowest BCUT2D eigenvalue weighted by Gasteiger charge is -2.46. The Morgan fingerprint density at radius 2 is 1.78 bits per heavy atom. The first-order chi connectivity index (χ1) is 24.5. The van der Waals surface area contributed by atoms with Crippen LogP contribution in [0.3, 0.4) is 0 Å². The Hall–Kier alpha value is -3.97. The minimum absolute atomic E-state index is 0.120. The summed E-state index contributed by atoms with van der Waals surface area (Å²) in [5, 5.41) is 13.7. The van der Waals surface area contributed by atoms with Gasteiger partial charge in [-0.2, -0.15) is 10.2 Å². The van der Waals surface area contributed by atoms with E-state index in [2.05, 4.69) is 31.2 Å². The summed E-state index contributed by atoms with van der Waals surface area (Å²) in [6, 6.07) is 5.82. The molecule has 1 N–H and O–H groups in total. The predicted octanol–water partition coefficient (Wildman–Crippen LogP) is 3.30. The molecule has 0 bridgehead atoms. The van der Waals surface area contributed by atoms with Gasteiger partial charge in [-0.3, -0.25) is 24.0 Å². The van der Waals surface area contributed by atoms with Crippen molar-refractivity contribution in [1.29, 1.82) is 5.26 Å². The number of rotatable bonds is 12. The number of amides is 1. The maximum absolute atomic E-state index is 14.1. The molecular weight excluding hydrogens is 699 g/mol. The molecule has 0 radical (unpaired) electrons. The van der Waals surface area contributed by atoms with Gasteiger partial charge in [0.1, 0.15) is 28.8 Å². The van der Waals surface area contributed by atoms with Gasteiger partial charge in [0.25, 0.3) is 11.5 Å². The Bertz CT molecular complexity index is 1900. The fourth-order valence-electron chi connectivity index (χ4n) is 6.66. The topological polar surface area (TPSA) is 147 Å². The molecule has 0 saturated carbocycles. The summed E-state index contributed by atoms with van der Waals surface area (Å²) in [4.78, 5) is 42.7. The molecule has 14 nitrogen and oxygen atoms in total. The van der Waals surface area contributed by atoms with E-state index in [-0.39, 0.29) is 51.9 Å². The lowest BCUT2D eigenvalue weighted by Crippen LogP contribution is -2.60. The Kier molecular flexibility index (Phi) is 11.1. The molecule has 51 heavy (non-hydrogen) atoms. The van der Waals surface area contributed by atoms with E-state index in [1.54, 1.807) is 36.4 Å². The van der Waals surface area contributed by atoms with Crippen molar-refractivity contribution >= 4 is 46.1 Å². The molecule has 3 saturated heterocycles. The number of hydrogen-bond acceptors (Lipinski definition) is 12. The number of likely N-dealkylation sites (tertiary alicyclic amines) is 1.